The average Bonchev–Trinajstić information content (AvgIpc) is 3.13. The van der Waals surface area contributed by atoms with Gasteiger partial charge in [0, 0.05) is 5.02 Å². The van der Waals surface area contributed by atoms with Crippen LogP contribution in [0.2, 0.25) is 5.02 Å². The second-order valence-corrected chi connectivity index (χ2v) is 8.25. The highest BCUT2D eigenvalue weighted by molar-refractivity contribution is 8.18. The molecule has 1 saturated heterocycles. The molecule has 0 saturated carbocycles. The van der Waals surface area contributed by atoms with Gasteiger partial charge in [0.2, 0.25) is 0 Å². The number of rotatable bonds is 6. The number of benzene rings is 3. The molecule has 5 nitrogen and oxygen atoms in total. The quantitative estimate of drug-likeness (QED) is 0.453. The van der Waals surface area contributed by atoms with Gasteiger partial charge in [-0.1, -0.05) is 29.8 Å². The SMILES string of the molecule is COc1cc(/C=C2/SC(=Nc3ccc(F)cc3)NC2=O)ccc1OCc1ccc(Cl)cc1. The third-order valence-corrected chi connectivity index (χ3v) is 5.66. The number of nitrogens with one attached hydrogen (secondary N) is 1. The fourth-order valence-electron chi connectivity index (χ4n) is 2.90. The Labute approximate surface area is 193 Å². The zero-order valence-corrected chi connectivity index (χ0v) is 18.5. The van der Waals surface area contributed by atoms with Crippen molar-refractivity contribution in [2.24, 2.45) is 4.99 Å². The Hall–Kier alpha value is -3.29. The molecule has 0 atom stereocenters. The van der Waals surface area contributed by atoms with Crippen molar-refractivity contribution in [2.45, 2.75) is 6.61 Å². The molecule has 3 aromatic rings. The van der Waals surface area contributed by atoms with Gasteiger partial charge in [-0.2, -0.15) is 0 Å². The topological polar surface area (TPSA) is 59.9 Å². The van der Waals surface area contributed by atoms with Crippen LogP contribution in [0.1, 0.15) is 11.1 Å². The Morgan fingerprint density at radius 3 is 2.53 bits per heavy atom. The molecule has 0 spiro atoms. The first-order chi connectivity index (χ1) is 15.5. The third-order valence-electron chi connectivity index (χ3n) is 4.50. The zero-order valence-electron chi connectivity index (χ0n) is 17.0. The standard InChI is InChI=1S/C24H18ClFN2O3S/c1-30-21-12-16(4-11-20(21)31-14-15-2-5-17(25)6-3-15)13-22-23(29)28-24(32-22)27-19-9-7-18(26)8-10-19/h2-13H,14H2,1H3,(H,27,28,29)/b22-13+. The van der Waals surface area contributed by atoms with Crippen LogP contribution in [0.5, 0.6) is 11.5 Å². The normalized spacial score (nSPS) is 15.8. The minimum absolute atomic E-state index is 0.252. The van der Waals surface area contributed by atoms with E-state index in [9.17, 15) is 9.18 Å². The highest BCUT2D eigenvalue weighted by Gasteiger charge is 2.24. The summed E-state index contributed by atoms with van der Waals surface area (Å²) in [6.45, 7) is 0.370. The summed E-state index contributed by atoms with van der Waals surface area (Å²) in [5.41, 5.74) is 2.32. The molecule has 1 fully saturated rings. The first-order valence-corrected chi connectivity index (χ1v) is 10.8. The van der Waals surface area contributed by atoms with Gasteiger partial charge in [-0.25, -0.2) is 9.38 Å². The van der Waals surface area contributed by atoms with Gasteiger partial charge in [0.1, 0.15) is 12.4 Å². The second kappa shape index (κ2) is 9.89. The molecule has 3 aromatic carbocycles. The lowest BCUT2D eigenvalue weighted by Crippen LogP contribution is -2.19. The molecule has 4 rings (SSSR count). The maximum Gasteiger partial charge on any atom is 0.264 e. The fraction of sp³-hybridized carbons (Fsp3) is 0.0833. The lowest BCUT2D eigenvalue weighted by atomic mass is 10.2. The number of nitrogens with zero attached hydrogens (tertiary/aromatic N) is 1. The van der Waals surface area contributed by atoms with E-state index in [1.165, 1.54) is 23.9 Å². The van der Waals surface area contributed by atoms with E-state index < -0.39 is 0 Å². The van der Waals surface area contributed by atoms with Gasteiger partial charge in [0.15, 0.2) is 16.7 Å². The maximum atomic E-state index is 13.0. The van der Waals surface area contributed by atoms with Crippen molar-refractivity contribution >= 4 is 46.2 Å². The van der Waals surface area contributed by atoms with Crippen molar-refractivity contribution in [3.8, 4) is 11.5 Å². The van der Waals surface area contributed by atoms with E-state index in [0.29, 0.717) is 38.9 Å². The molecule has 0 radical (unpaired) electrons. The number of halogens is 2. The Morgan fingerprint density at radius 1 is 1.06 bits per heavy atom. The van der Waals surface area contributed by atoms with Gasteiger partial charge < -0.3 is 14.8 Å². The van der Waals surface area contributed by atoms with Gasteiger partial charge in [-0.05, 0) is 77.5 Å². The van der Waals surface area contributed by atoms with Crippen molar-refractivity contribution < 1.29 is 18.7 Å². The Balaban J connectivity index is 1.47. The fourth-order valence-corrected chi connectivity index (χ4v) is 3.87. The highest BCUT2D eigenvalue weighted by atomic mass is 35.5. The number of methoxy groups -OCH3 is 1. The molecule has 0 bridgehead atoms. The maximum absolute atomic E-state index is 13.0. The van der Waals surface area contributed by atoms with E-state index in [1.807, 2.05) is 30.3 Å². The van der Waals surface area contributed by atoms with Crippen LogP contribution in [0, 0.1) is 5.82 Å². The highest BCUT2D eigenvalue weighted by Crippen LogP contribution is 2.32. The van der Waals surface area contributed by atoms with Crippen LogP contribution in [-0.2, 0) is 11.4 Å². The van der Waals surface area contributed by atoms with Crippen LogP contribution >= 0.6 is 23.4 Å². The zero-order chi connectivity index (χ0) is 22.5. The molecule has 0 unspecified atom stereocenters. The summed E-state index contributed by atoms with van der Waals surface area (Å²) < 4.78 is 24.4. The van der Waals surface area contributed by atoms with Crippen molar-refractivity contribution in [1.29, 1.82) is 0 Å². The molecular formula is C24H18ClFN2O3S. The van der Waals surface area contributed by atoms with Crippen molar-refractivity contribution in [3.63, 3.8) is 0 Å². The van der Waals surface area contributed by atoms with Gasteiger partial charge in [-0.15, -0.1) is 0 Å². The van der Waals surface area contributed by atoms with Crippen molar-refractivity contribution in [3.05, 3.63) is 93.6 Å². The number of hydrogen-bond acceptors (Lipinski definition) is 5. The Bertz CT molecular complexity index is 1190. The molecule has 1 aliphatic rings. The summed E-state index contributed by atoms with van der Waals surface area (Å²) in [4.78, 5) is 17.2. The lowest BCUT2D eigenvalue weighted by molar-refractivity contribution is -0.115. The largest absolute Gasteiger partial charge is 0.493 e. The van der Waals surface area contributed by atoms with E-state index in [1.54, 1.807) is 37.5 Å². The molecule has 0 aliphatic carbocycles. The molecule has 1 N–H and O–H groups in total. The first kappa shape index (κ1) is 21.9. The van der Waals surface area contributed by atoms with E-state index in [-0.39, 0.29) is 11.7 Å². The molecule has 0 aromatic heterocycles. The molecule has 1 aliphatic heterocycles. The van der Waals surface area contributed by atoms with E-state index in [0.717, 1.165) is 11.1 Å². The smallest absolute Gasteiger partial charge is 0.264 e. The summed E-state index contributed by atoms with van der Waals surface area (Å²) in [6, 6.07) is 18.6. The van der Waals surface area contributed by atoms with E-state index >= 15 is 0 Å². The predicted molar refractivity (Wildman–Crippen MR) is 126 cm³/mol. The number of ether oxygens (including phenoxy) is 2. The number of hydrogen-bond donors (Lipinski definition) is 1. The van der Waals surface area contributed by atoms with Crippen LogP contribution in [0.15, 0.2) is 76.6 Å². The molecule has 1 amide bonds. The summed E-state index contributed by atoms with van der Waals surface area (Å²) in [6.07, 6.45) is 1.75. The van der Waals surface area contributed by atoms with Gasteiger partial charge in [0.25, 0.3) is 5.91 Å². The molecule has 1 heterocycles. The van der Waals surface area contributed by atoms with Gasteiger partial charge in [0.05, 0.1) is 17.7 Å². The van der Waals surface area contributed by atoms with Crippen molar-refractivity contribution in [1.82, 2.24) is 5.32 Å². The third kappa shape index (κ3) is 5.49. The monoisotopic (exact) mass is 468 g/mol. The first-order valence-electron chi connectivity index (χ1n) is 9.60. The van der Waals surface area contributed by atoms with Crippen LogP contribution in [0.3, 0.4) is 0 Å². The van der Waals surface area contributed by atoms with Gasteiger partial charge >= 0.3 is 0 Å². The Kier molecular flexibility index (Phi) is 6.78. The predicted octanol–water partition coefficient (Wildman–Crippen LogP) is 5.96. The van der Waals surface area contributed by atoms with Crippen LogP contribution < -0.4 is 14.8 Å². The molecule has 8 heteroatoms. The summed E-state index contributed by atoms with van der Waals surface area (Å²) in [5, 5.41) is 3.82. The number of carbonyl (C=O) groups is 1. The average molecular weight is 469 g/mol. The van der Waals surface area contributed by atoms with Gasteiger partial charge in [-0.3, -0.25) is 4.79 Å². The molecule has 162 valence electrons. The number of amides is 1. The van der Waals surface area contributed by atoms with Crippen LogP contribution in [0.25, 0.3) is 6.08 Å². The molecular weight excluding hydrogens is 451 g/mol. The number of carbonyl (C=O) groups excluding carboxylic acids is 1. The Morgan fingerprint density at radius 2 is 1.81 bits per heavy atom. The minimum atomic E-state index is -0.341. The second-order valence-electron chi connectivity index (χ2n) is 6.78. The number of aliphatic imine (C=N–C) groups is 1. The summed E-state index contributed by atoms with van der Waals surface area (Å²) in [5.74, 6) is 0.550. The van der Waals surface area contributed by atoms with Crippen LogP contribution in [-0.4, -0.2) is 18.2 Å². The minimum Gasteiger partial charge on any atom is -0.493 e. The van der Waals surface area contributed by atoms with E-state index in [4.69, 9.17) is 21.1 Å². The lowest BCUT2D eigenvalue weighted by Gasteiger charge is -2.11. The number of thioether (sulfide) groups is 1. The summed E-state index contributed by atoms with van der Waals surface area (Å²) in [7, 11) is 1.56. The summed E-state index contributed by atoms with van der Waals surface area (Å²) >= 11 is 7.12. The number of amidine groups is 1. The van der Waals surface area contributed by atoms with Crippen LogP contribution in [0.4, 0.5) is 10.1 Å². The van der Waals surface area contributed by atoms with E-state index in [2.05, 4.69) is 10.3 Å². The molecule has 32 heavy (non-hydrogen) atoms. The van der Waals surface area contributed by atoms with Crippen molar-refractivity contribution in [2.75, 3.05) is 7.11 Å².